The first kappa shape index (κ1) is 14.7. The third kappa shape index (κ3) is 4.49. The van der Waals surface area contributed by atoms with E-state index in [2.05, 4.69) is 13.2 Å². The van der Waals surface area contributed by atoms with Crippen LogP contribution in [-0.4, -0.2) is 13.2 Å². The van der Waals surface area contributed by atoms with Crippen molar-refractivity contribution in [2.45, 2.75) is 6.92 Å². The quantitative estimate of drug-likeness (QED) is 0.530. The van der Waals surface area contributed by atoms with Crippen LogP contribution in [0, 0.1) is 6.92 Å². The zero-order valence-corrected chi connectivity index (χ0v) is 11.3. The molecule has 0 aromatic heterocycles. The number of phosphoric acid groups is 1. The van der Waals surface area contributed by atoms with Crippen molar-refractivity contribution in [1.82, 2.24) is 0 Å². The molecule has 18 heavy (non-hydrogen) atoms. The van der Waals surface area contributed by atoms with Crippen LogP contribution in [-0.2, 0) is 13.6 Å². The first-order valence-electron chi connectivity index (χ1n) is 5.47. The third-order valence-electron chi connectivity index (χ3n) is 2.00. The minimum atomic E-state index is -3.64. The van der Waals surface area contributed by atoms with Gasteiger partial charge >= 0.3 is 7.82 Å². The van der Waals surface area contributed by atoms with E-state index in [1.54, 1.807) is 12.1 Å². The number of aryl methyl sites for hydroxylation is 1. The SMILES string of the molecule is C=CCOP(=O)(OCC=C)Oc1ccccc1C. The second-order valence-corrected chi connectivity index (χ2v) is 5.07. The summed E-state index contributed by atoms with van der Waals surface area (Å²) in [4.78, 5) is 0. The van der Waals surface area contributed by atoms with Gasteiger partial charge < -0.3 is 4.52 Å². The lowest BCUT2D eigenvalue weighted by atomic mass is 10.2. The first-order chi connectivity index (χ1) is 8.61. The van der Waals surface area contributed by atoms with Crippen molar-refractivity contribution in [2.75, 3.05) is 13.2 Å². The van der Waals surface area contributed by atoms with E-state index in [9.17, 15) is 4.57 Å². The largest absolute Gasteiger partial charge is 0.530 e. The molecule has 0 aliphatic rings. The Hall–Kier alpha value is -1.35. The Labute approximate surface area is 107 Å². The number of phosphoric ester groups is 1. The van der Waals surface area contributed by atoms with Crippen LogP contribution < -0.4 is 4.52 Å². The van der Waals surface area contributed by atoms with Crippen LogP contribution in [0.1, 0.15) is 5.56 Å². The number of benzene rings is 1. The molecule has 0 radical (unpaired) electrons. The van der Waals surface area contributed by atoms with E-state index in [-0.39, 0.29) is 13.2 Å². The van der Waals surface area contributed by atoms with E-state index in [4.69, 9.17) is 13.6 Å². The molecule has 1 rings (SSSR count). The molecule has 0 aliphatic carbocycles. The maximum Gasteiger partial charge on any atom is 0.530 e. The molecule has 98 valence electrons. The highest BCUT2D eigenvalue weighted by Gasteiger charge is 2.28. The normalized spacial score (nSPS) is 10.9. The Morgan fingerprint density at radius 2 is 1.72 bits per heavy atom. The number of hydrogen-bond acceptors (Lipinski definition) is 4. The molecule has 0 unspecified atom stereocenters. The highest BCUT2D eigenvalue weighted by Crippen LogP contribution is 2.49. The second-order valence-electron chi connectivity index (χ2n) is 3.47. The molecular weight excluding hydrogens is 251 g/mol. The lowest BCUT2D eigenvalue weighted by molar-refractivity contribution is 0.180. The van der Waals surface area contributed by atoms with Gasteiger partial charge in [-0.05, 0) is 18.6 Å². The molecule has 1 aromatic carbocycles. The van der Waals surface area contributed by atoms with Gasteiger partial charge in [0.05, 0.1) is 13.2 Å². The van der Waals surface area contributed by atoms with E-state index in [0.29, 0.717) is 5.75 Å². The maximum absolute atomic E-state index is 12.3. The first-order valence-corrected chi connectivity index (χ1v) is 6.93. The number of rotatable bonds is 8. The number of hydrogen-bond donors (Lipinski definition) is 0. The zero-order chi connectivity index (χ0) is 13.4. The lowest BCUT2D eigenvalue weighted by Gasteiger charge is -2.18. The van der Waals surface area contributed by atoms with Crippen molar-refractivity contribution in [2.24, 2.45) is 0 Å². The molecule has 4 nitrogen and oxygen atoms in total. The molecular formula is C13H17O4P. The molecule has 0 amide bonds. The van der Waals surface area contributed by atoms with Gasteiger partial charge in [0.1, 0.15) is 5.75 Å². The average Bonchev–Trinajstić information content (AvgIpc) is 2.37. The molecule has 5 heteroatoms. The van der Waals surface area contributed by atoms with Crippen molar-refractivity contribution < 1.29 is 18.1 Å². The molecule has 1 aromatic rings. The summed E-state index contributed by atoms with van der Waals surface area (Å²) in [6, 6.07) is 7.20. The summed E-state index contributed by atoms with van der Waals surface area (Å²) in [5.74, 6) is 0.467. The standard InChI is InChI=1S/C13H17O4P/c1-4-10-15-18(14,16-11-5-2)17-13-9-7-6-8-12(13)3/h4-9H,1-2,10-11H2,3H3. The molecule has 0 atom stereocenters. The fourth-order valence-electron chi connectivity index (χ4n) is 1.16. The van der Waals surface area contributed by atoms with Crippen LogP contribution in [0.4, 0.5) is 0 Å². The Balaban J connectivity index is 2.83. The summed E-state index contributed by atoms with van der Waals surface area (Å²) < 4.78 is 27.8. The summed E-state index contributed by atoms with van der Waals surface area (Å²) in [7, 11) is -3.64. The van der Waals surface area contributed by atoms with E-state index < -0.39 is 7.82 Å². The predicted octanol–water partition coefficient (Wildman–Crippen LogP) is 3.89. The summed E-state index contributed by atoms with van der Waals surface area (Å²) in [6.07, 6.45) is 2.95. The lowest BCUT2D eigenvalue weighted by Crippen LogP contribution is -2.03. The Kier molecular flexibility index (Phi) is 5.86. The molecule has 0 aliphatic heterocycles. The summed E-state index contributed by atoms with van der Waals surface area (Å²) >= 11 is 0. The summed E-state index contributed by atoms with van der Waals surface area (Å²) in [5.41, 5.74) is 0.849. The van der Waals surface area contributed by atoms with Gasteiger partial charge in [0.15, 0.2) is 0 Å². The van der Waals surface area contributed by atoms with Gasteiger partial charge in [-0.15, -0.1) is 13.2 Å². The molecule has 0 saturated carbocycles. The Morgan fingerprint density at radius 1 is 1.17 bits per heavy atom. The van der Waals surface area contributed by atoms with Crippen LogP contribution in [0.5, 0.6) is 5.75 Å². The predicted molar refractivity (Wildman–Crippen MR) is 71.7 cm³/mol. The van der Waals surface area contributed by atoms with Crippen molar-refractivity contribution in [3.05, 3.63) is 55.1 Å². The molecule has 0 fully saturated rings. The molecule has 0 saturated heterocycles. The van der Waals surface area contributed by atoms with Crippen molar-refractivity contribution in [3.8, 4) is 5.75 Å². The van der Waals surface area contributed by atoms with Crippen molar-refractivity contribution >= 4 is 7.82 Å². The van der Waals surface area contributed by atoms with Crippen LogP contribution in [0.3, 0.4) is 0 Å². The zero-order valence-electron chi connectivity index (χ0n) is 10.4. The summed E-state index contributed by atoms with van der Waals surface area (Å²) in [5, 5.41) is 0. The maximum atomic E-state index is 12.3. The van der Waals surface area contributed by atoms with E-state index >= 15 is 0 Å². The van der Waals surface area contributed by atoms with Gasteiger partial charge in [0.25, 0.3) is 0 Å². The molecule has 0 heterocycles. The van der Waals surface area contributed by atoms with E-state index in [1.165, 1.54) is 12.2 Å². The Bertz CT molecular complexity index is 440. The molecule has 0 spiro atoms. The minimum absolute atomic E-state index is 0.0836. The molecule has 0 N–H and O–H groups in total. The van der Waals surface area contributed by atoms with E-state index in [0.717, 1.165) is 5.56 Å². The minimum Gasteiger partial charge on any atom is -0.404 e. The van der Waals surface area contributed by atoms with Crippen LogP contribution in [0.2, 0.25) is 0 Å². The topological polar surface area (TPSA) is 44.8 Å². The third-order valence-corrected chi connectivity index (χ3v) is 3.36. The highest BCUT2D eigenvalue weighted by molar-refractivity contribution is 7.48. The highest BCUT2D eigenvalue weighted by atomic mass is 31.2. The van der Waals surface area contributed by atoms with Gasteiger partial charge in [0.2, 0.25) is 0 Å². The van der Waals surface area contributed by atoms with Gasteiger partial charge in [0, 0.05) is 0 Å². The average molecular weight is 268 g/mol. The van der Waals surface area contributed by atoms with Gasteiger partial charge in [-0.1, -0.05) is 30.4 Å². The Morgan fingerprint density at radius 3 is 2.22 bits per heavy atom. The monoisotopic (exact) mass is 268 g/mol. The van der Waals surface area contributed by atoms with Crippen LogP contribution in [0.25, 0.3) is 0 Å². The van der Waals surface area contributed by atoms with Gasteiger partial charge in [-0.25, -0.2) is 4.57 Å². The molecule has 0 bridgehead atoms. The second kappa shape index (κ2) is 7.17. The fourth-order valence-corrected chi connectivity index (χ4v) is 2.36. The summed E-state index contributed by atoms with van der Waals surface area (Å²) in [6.45, 7) is 9.00. The smallest absolute Gasteiger partial charge is 0.404 e. The van der Waals surface area contributed by atoms with Gasteiger partial charge in [-0.2, -0.15) is 0 Å². The van der Waals surface area contributed by atoms with Crippen molar-refractivity contribution in [3.63, 3.8) is 0 Å². The van der Waals surface area contributed by atoms with Crippen LogP contribution in [0.15, 0.2) is 49.6 Å². The van der Waals surface area contributed by atoms with E-state index in [1.807, 2.05) is 19.1 Å². The fraction of sp³-hybridized carbons (Fsp3) is 0.231. The number of para-hydroxylation sites is 1. The van der Waals surface area contributed by atoms with Crippen LogP contribution >= 0.6 is 7.82 Å². The van der Waals surface area contributed by atoms with Gasteiger partial charge in [-0.3, -0.25) is 9.05 Å². The van der Waals surface area contributed by atoms with Crippen molar-refractivity contribution in [1.29, 1.82) is 0 Å².